The lowest BCUT2D eigenvalue weighted by atomic mass is 10.1. The highest BCUT2D eigenvalue weighted by molar-refractivity contribution is 7.47. The van der Waals surface area contributed by atoms with Crippen molar-refractivity contribution in [3.63, 3.8) is 0 Å². The van der Waals surface area contributed by atoms with Gasteiger partial charge >= 0.3 is 15.6 Å². The predicted octanol–water partition coefficient (Wildman–Crippen LogP) is 4.50. The number of halogens is 2. The molecule has 0 spiro atoms. The van der Waals surface area contributed by atoms with Gasteiger partial charge in [-0.25, -0.2) is 37.8 Å². The maximum atomic E-state index is 16.6. The smallest absolute Gasteiger partial charge is 0.408 e. The van der Waals surface area contributed by atoms with Gasteiger partial charge in [-0.15, -0.1) is 0 Å². The van der Waals surface area contributed by atoms with Gasteiger partial charge in [0.25, 0.3) is 11.5 Å². The van der Waals surface area contributed by atoms with Gasteiger partial charge in [0.05, 0.1) is 25.9 Å². The normalized spacial score (nSPS) is 31.7. The van der Waals surface area contributed by atoms with Crippen LogP contribution in [0.25, 0.3) is 22.2 Å². The summed E-state index contributed by atoms with van der Waals surface area (Å²) in [5, 5.41) is 1.72. The van der Waals surface area contributed by atoms with Crippen LogP contribution in [0.15, 0.2) is 60.3 Å². The summed E-state index contributed by atoms with van der Waals surface area (Å²) in [4.78, 5) is 66.7. The maximum Gasteiger partial charge on any atom is 0.472 e. The van der Waals surface area contributed by atoms with E-state index >= 15 is 8.78 Å². The summed E-state index contributed by atoms with van der Waals surface area (Å²) in [7, 11) is -13.4. The molecule has 1 aromatic carbocycles. The number of nitrogens with one attached hydrogen (secondary N) is 2. The molecule has 10 atom stereocenters. The number of imidazole rings is 1. The highest BCUT2D eigenvalue weighted by Gasteiger charge is 2.57. The lowest BCUT2D eigenvalue weighted by Gasteiger charge is -2.40. The van der Waals surface area contributed by atoms with Gasteiger partial charge in [0, 0.05) is 11.8 Å². The third-order valence-electron chi connectivity index (χ3n) is 10.8. The molecule has 7 heterocycles. The second-order valence-electron chi connectivity index (χ2n) is 15.8. The number of anilines is 1. The highest BCUT2D eigenvalue weighted by Crippen LogP contribution is 2.55. The van der Waals surface area contributed by atoms with Crippen LogP contribution < -0.4 is 10.9 Å². The highest BCUT2D eigenvalue weighted by atomic mass is 31.2. The van der Waals surface area contributed by atoms with Crippen molar-refractivity contribution < 1.29 is 64.5 Å². The first kappa shape index (κ1) is 42.5. The lowest BCUT2D eigenvalue weighted by Crippen LogP contribution is -2.50. The minimum absolute atomic E-state index is 0.0148. The number of aromatic amines is 1. The van der Waals surface area contributed by atoms with Crippen LogP contribution in [0.1, 0.15) is 43.6 Å². The van der Waals surface area contributed by atoms with Gasteiger partial charge in [0.2, 0.25) is 0 Å². The molecule has 0 radical (unpaired) electrons. The molecular formula is C34H40F2N8O13P2Si. The standard InChI is InChI=1S/C34H40F2N8O13P2Si/c1-34(2,3)60(4,5)57-25-20-13-52-58(47,48)55-24-19(12-51-59(49,50)56-26(25)33(54-20)43-11-18(35)21-28(43)38-15-40-31(21)46)53-32(22(24)36)44-16-41-23-27(37-14-39-29(23)44)42-30(45)17-9-7-6-8-10-17/h6-11,14-16,19-20,22,24-26,32-33H,12-13H2,1-5H3,(H,47,48)(H,49,50)(H,38,40,46)(H,37,39,42,45)/t19?,20?,22-,24-,25?,26-,32-,33-/m1/s1. The number of fused-ring (bicyclic) bond motifs is 5. The molecular weight excluding hydrogens is 856 g/mol. The first-order valence-corrected chi connectivity index (χ1v) is 24.4. The van der Waals surface area contributed by atoms with Gasteiger partial charge < -0.3 is 38.6 Å². The van der Waals surface area contributed by atoms with E-state index in [-0.39, 0.29) is 22.6 Å². The number of carbonyl (C=O) groups excluding carboxylic acids is 1. The van der Waals surface area contributed by atoms with Crippen LogP contribution in [-0.2, 0) is 41.1 Å². The predicted molar refractivity (Wildman–Crippen MR) is 206 cm³/mol. The van der Waals surface area contributed by atoms with Crippen LogP contribution >= 0.6 is 15.6 Å². The zero-order valence-corrected chi connectivity index (χ0v) is 35.2. The molecule has 8 rings (SSSR count). The van der Waals surface area contributed by atoms with E-state index in [1.165, 1.54) is 0 Å². The maximum absolute atomic E-state index is 16.6. The van der Waals surface area contributed by atoms with Crippen LogP contribution in [0.3, 0.4) is 0 Å². The zero-order valence-electron chi connectivity index (χ0n) is 32.4. The van der Waals surface area contributed by atoms with Crippen molar-refractivity contribution in [1.82, 2.24) is 34.1 Å². The zero-order chi connectivity index (χ0) is 42.9. The van der Waals surface area contributed by atoms with E-state index in [4.69, 9.17) is 32.0 Å². The number of hydrogen-bond donors (Lipinski definition) is 4. The Morgan fingerprint density at radius 2 is 1.62 bits per heavy atom. The van der Waals surface area contributed by atoms with Crippen molar-refractivity contribution in [3.8, 4) is 0 Å². The van der Waals surface area contributed by atoms with Crippen molar-refractivity contribution in [3.05, 3.63) is 77.2 Å². The number of nitrogens with zero attached hydrogens (tertiary/aromatic N) is 6. The summed E-state index contributed by atoms with van der Waals surface area (Å²) in [6.45, 7) is 7.71. The Kier molecular flexibility index (Phi) is 11.1. The van der Waals surface area contributed by atoms with Crippen LogP contribution in [-0.4, -0.2) is 108 Å². The van der Waals surface area contributed by atoms with E-state index in [1.807, 2.05) is 33.9 Å². The topological polar surface area (TPSA) is 263 Å². The molecule has 1 amide bonds. The average molecular weight is 897 g/mol. The summed E-state index contributed by atoms with van der Waals surface area (Å²) in [6.07, 6.45) is -9.42. The van der Waals surface area contributed by atoms with Crippen LogP contribution in [0.2, 0.25) is 18.1 Å². The van der Waals surface area contributed by atoms with Gasteiger partial charge in [-0.05, 0) is 30.3 Å². The fraction of sp³-hybridized carbons (Fsp3) is 0.471. The second-order valence-corrected chi connectivity index (χ2v) is 23.3. The van der Waals surface area contributed by atoms with Gasteiger partial charge in [-0.1, -0.05) is 39.0 Å². The third-order valence-corrected chi connectivity index (χ3v) is 17.3. The molecule has 4 aromatic heterocycles. The second kappa shape index (κ2) is 15.6. The van der Waals surface area contributed by atoms with Gasteiger partial charge in [0.15, 0.2) is 55.4 Å². The Morgan fingerprint density at radius 3 is 2.32 bits per heavy atom. The number of ether oxygens (including phenoxy) is 2. The van der Waals surface area contributed by atoms with Crippen molar-refractivity contribution >= 4 is 57.9 Å². The van der Waals surface area contributed by atoms with Crippen molar-refractivity contribution in [1.29, 1.82) is 0 Å². The Balaban J connectivity index is 1.12. The number of aromatic nitrogens is 7. The van der Waals surface area contributed by atoms with E-state index in [0.29, 0.717) is 5.56 Å². The number of phosphoric ester groups is 2. The Bertz CT molecular complexity index is 2590. The molecule has 3 aliphatic rings. The number of amides is 1. The summed E-state index contributed by atoms with van der Waals surface area (Å²) < 4.78 is 102. The number of hydrogen-bond acceptors (Lipinski definition) is 15. The van der Waals surface area contributed by atoms with Crippen molar-refractivity contribution in [2.24, 2.45) is 0 Å². The monoisotopic (exact) mass is 896 g/mol. The molecule has 0 saturated carbocycles. The van der Waals surface area contributed by atoms with E-state index in [9.17, 15) is 28.5 Å². The summed E-state index contributed by atoms with van der Waals surface area (Å²) in [5.41, 5.74) is -0.702. The number of phosphoric acid groups is 2. The van der Waals surface area contributed by atoms with E-state index in [1.54, 1.807) is 30.3 Å². The quantitative estimate of drug-likeness (QED) is 0.135. The molecule has 3 fully saturated rings. The number of alkyl halides is 1. The molecule has 2 bridgehead atoms. The van der Waals surface area contributed by atoms with Crippen LogP contribution in [0, 0.1) is 5.82 Å². The van der Waals surface area contributed by atoms with Gasteiger partial charge in [0.1, 0.15) is 42.2 Å². The molecule has 26 heteroatoms. The Hall–Kier alpha value is -4.16. The number of carbonyl (C=O) groups is 1. The molecule has 3 aliphatic heterocycles. The third kappa shape index (κ3) is 8.03. The summed E-state index contributed by atoms with van der Waals surface area (Å²) in [5.74, 6) is -1.53. The SMILES string of the molecule is CC(C)(C)[Si](C)(C)OC1C2COP(=O)(O)O[C@@H]3C(COP(=O)(O)O[C@H]1[C@H](n1cc(F)c4c(=O)[nH]cnc41)O2)O[C@@H](n1cnc2c(NC(=O)c4ccccc4)ncnc21)[C@@H]3F. The molecule has 5 aromatic rings. The molecule has 5 unspecified atom stereocenters. The number of H-pyrrole nitrogens is 1. The van der Waals surface area contributed by atoms with Gasteiger partial charge in [-0.2, -0.15) is 0 Å². The summed E-state index contributed by atoms with van der Waals surface area (Å²) in [6, 6.07) is 8.25. The minimum atomic E-state index is -5.28. The first-order valence-electron chi connectivity index (χ1n) is 18.5. The molecule has 21 nitrogen and oxygen atoms in total. The fourth-order valence-electron chi connectivity index (χ4n) is 6.86. The minimum Gasteiger partial charge on any atom is -0.408 e. The van der Waals surface area contributed by atoms with Gasteiger partial charge in [-0.3, -0.25) is 32.3 Å². The van der Waals surface area contributed by atoms with Crippen LogP contribution in [0.5, 0.6) is 0 Å². The van der Waals surface area contributed by atoms with E-state index in [0.717, 1.165) is 34.3 Å². The van der Waals surface area contributed by atoms with Crippen molar-refractivity contribution in [2.75, 3.05) is 18.5 Å². The lowest BCUT2D eigenvalue weighted by molar-refractivity contribution is -0.0670. The number of rotatable bonds is 6. The number of benzene rings is 1. The van der Waals surface area contributed by atoms with E-state index < -0.39 is 114 Å². The average Bonchev–Trinajstić information content (AvgIpc) is 3.93. The Labute approximate surface area is 339 Å². The largest absolute Gasteiger partial charge is 0.472 e. The first-order chi connectivity index (χ1) is 28.2. The summed E-state index contributed by atoms with van der Waals surface area (Å²) >= 11 is 0. The molecule has 0 aliphatic carbocycles. The van der Waals surface area contributed by atoms with E-state index in [2.05, 4.69) is 30.2 Å². The Morgan fingerprint density at radius 1 is 0.950 bits per heavy atom. The van der Waals surface area contributed by atoms with Crippen LogP contribution in [0.4, 0.5) is 14.6 Å². The molecule has 60 heavy (non-hydrogen) atoms. The molecule has 322 valence electrons. The van der Waals surface area contributed by atoms with Crippen molar-refractivity contribution in [2.45, 2.75) is 88.1 Å². The molecule has 4 N–H and O–H groups in total. The molecule has 3 saturated heterocycles. The fourth-order valence-corrected chi connectivity index (χ4v) is 10.1.